The summed E-state index contributed by atoms with van der Waals surface area (Å²) in [6.07, 6.45) is 1.55. The van der Waals surface area contributed by atoms with Gasteiger partial charge in [0.1, 0.15) is 0 Å². The zero-order chi connectivity index (χ0) is 8.48. The third-order valence-corrected chi connectivity index (χ3v) is 4.16. The van der Waals surface area contributed by atoms with E-state index in [1.165, 1.54) is 11.4 Å². The lowest BCUT2D eigenvalue weighted by molar-refractivity contribution is 0.266. The fourth-order valence-corrected chi connectivity index (χ4v) is 2.47. The van der Waals surface area contributed by atoms with Crippen LogP contribution in [0.25, 0.3) is 0 Å². The predicted molar refractivity (Wildman–Crippen MR) is 41.7 cm³/mol. The topological polar surface area (TPSA) is 57.6 Å². The molecule has 4 nitrogen and oxygen atoms in total. The lowest BCUT2D eigenvalue weighted by Crippen LogP contribution is -2.32. The summed E-state index contributed by atoms with van der Waals surface area (Å²) in [5, 5.41) is 8.33. The summed E-state index contributed by atoms with van der Waals surface area (Å²) in [5.74, 6) is 0. The van der Waals surface area contributed by atoms with E-state index in [-0.39, 0.29) is 18.4 Å². The molecule has 0 atom stereocenters. The number of nitrogens with zero attached hydrogens (tertiary/aromatic N) is 1. The van der Waals surface area contributed by atoms with Crippen molar-refractivity contribution >= 4 is 10.0 Å². The molecule has 5 heteroatoms. The highest BCUT2D eigenvalue weighted by Gasteiger charge is 2.38. The number of likely N-dealkylation sites (N-methyl/N-ethyl adjacent to an activating group) is 1. The molecule has 0 unspecified atom stereocenters. The maximum atomic E-state index is 11.3. The highest BCUT2D eigenvalue weighted by atomic mass is 32.2. The van der Waals surface area contributed by atoms with Gasteiger partial charge in [-0.1, -0.05) is 0 Å². The van der Waals surface area contributed by atoms with Crippen LogP contribution in [0.15, 0.2) is 0 Å². The van der Waals surface area contributed by atoms with Gasteiger partial charge in [-0.3, -0.25) is 0 Å². The van der Waals surface area contributed by atoms with E-state index in [0.29, 0.717) is 0 Å². The largest absolute Gasteiger partial charge is 0.395 e. The number of sulfonamides is 1. The number of aliphatic hydroxyl groups is 1. The van der Waals surface area contributed by atoms with E-state index in [1.807, 2.05) is 0 Å². The molecule has 0 aromatic carbocycles. The second-order valence-corrected chi connectivity index (χ2v) is 5.11. The Morgan fingerprint density at radius 3 is 2.45 bits per heavy atom. The standard InChI is InChI=1S/C6H13NO3S/c1-7(4-5-8)11(9,10)6-2-3-6/h6,8H,2-5H2,1H3. The van der Waals surface area contributed by atoms with Crippen LogP contribution in [-0.4, -0.2) is 43.3 Å². The quantitative estimate of drug-likeness (QED) is 0.627. The van der Waals surface area contributed by atoms with Crippen molar-refractivity contribution in [1.29, 1.82) is 0 Å². The Labute approximate surface area is 66.9 Å². The lowest BCUT2D eigenvalue weighted by atomic mass is 10.7. The van der Waals surface area contributed by atoms with E-state index in [9.17, 15) is 8.42 Å². The fourth-order valence-electron chi connectivity index (χ4n) is 0.888. The summed E-state index contributed by atoms with van der Waals surface area (Å²) in [7, 11) is -1.55. The Balaban J connectivity index is 2.56. The first-order chi connectivity index (χ1) is 5.09. The number of rotatable bonds is 4. The van der Waals surface area contributed by atoms with Gasteiger partial charge in [-0.15, -0.1) is 0 Å². The molecule has 1 N–H and O–H groups in total. The maximum Gasteiger partial charge on any atom is 0.216 e. The molecule has 0 bridgehead atoms. The van der Waals surface area contributed by atoms with E-state index in [4.69, 9.17) is 5.11 Å². The average Bonchev–Trinajstić information content (AvgIpc) is 2.68. The van der Waals surface area contributed by atoms with Crippen LogP contribution in [-0.2, 0) is 10.0 Å². The Morgan fingerprint density at radius 2 is 2.09 bits per heavy atom. The van der Waals surface area contributed by atoms with Gasteiger partial charge in [0.25, 0.3) is 0 Å². The minimum atomic E-state index is -3.05. The highest BCUT2D eigenvalue weighted by molar-refractivity contribution is 7.90. The molecular weight excluding hydrogens is 166 g/mol. The number of hydrogen-bond donors (Lipinski definition) is 1. The van der Waals surface area contributed by atoms with Crippen LogP contribution >= 0.6 is 0 Å². The van der Waals surface area contributed by atoms with Gasteiger partial charge in [0, 0.05) is 13.6 Å². The molecule has 0 aromatic heterocycles. The highest BCUT2D eigenvalue weighted by Crippen LogP contribution is 2.29. The van der Waals surface area contributed by atoms with Crippen molar-refractivity contribution in [1.82, 2.24) is 4.31 Å². The molecule has 11 heavy (non-hydrogen) atoms. The molecule has 0 radical (unpaired) electrons. The van der Waals surface area contributed by atoms with Gasteiger partial charge in [0.05, 0.1) is 11.9 Å². The smallest absolute Gasteiger partial charge is 0.216 e. The first-order valence-corrected chi connectivity index (χ1v) is 5.15. The van der Waals surface area contributed by atoms with Crippen LogP contribution in [0, 0.1) is 0 Å². The van der Waals surface area contributed by atoms with Crippen LogP contribution in [0.2, 0.25) is 0 Å². The third kappa shape index (κ3) is 1.91. The van der Waals surface area contributed by atoms with Gasteiger partial charge in [-0.05, 0) is 12.8 Å². The molecule has 0 amide bonds. The van der Waals surface area contributed by atoms with Gasteiger partial charge in [-0.2, -0.15) is 0 Å². The summed E-state index contributed by atoms with van der Waals surface area (Å²) in [5.41, 5.74) is 0. The predicted octanol–water partition coefficient (Wildman–Crippen LogP) is -0.597. The Morgan fingerprint density at radius 1 is 1.55 bits per heavy atom. The van der Waals surface area contributed by atoms with Crippen LogP contribution < -0.4 is 0 Å². The van der Waals surface area contributed by atoms with E-state index < -0.39 is 10.0 Å². The van der Waals surface area contributed by atoms with E-state index in [0.717, 1.165) is 12.8 Å². The summed E-state index contributed by atoms with van der Waals surface area (Å²) >= 11 is 0. The number of hydrogen-bond acceptors (Lipinski definition) is 3. The maximum absolute atomic E-state index is 11.3. The molecule has 1 saturated carbocycles. The van der Waals surface area contributed by atoms with Crippen molar-refractivity contribution in [2.45, 2.75) is 18.1 Å². The average molecular weight is 179 g/mol. The summed E-state index contributed by atoms with van der Waals surface area (Å²) in [4.78, 5) is 0. The summed E-state index contributed by atoms with van der Waals surface area (Å²) in [6.45, 7) is 0.0985. The van der Waals surface area contributed by atoms with Gasteiger partial charge in [-0.25, -0.2) is 12.7 Å². The van der Waals surface area contributed by atoms with Crippen molar-refractivity contribution in [2.24, 2.45) is 0 Å². The zero-order valence-electron chi connectivity index (χ0n) is 6.52. The molecular formula is C6H13NO3S. The molecule has 0 aliphatic heterocycles. The Bertz CT molecular complexity index is 220. The minimum Gasteiger partial charge on any atom is -0.395 e. The lowest BCUT2D eigenvalue weighted by Gasteiger charge is -2.14. The van der Waals surface area contributed by atoms with E-state index in [1.54, 1.807) is 0 Å². The van der Waals surface area contributed by atoms with Gasteiger partial charge in [0.15, 0.2) is 0 Å². The van der Waals surface area contributed by atoms with Crippen molar-refractivity contribution in [3.63, 3.8) is 0 Å². The van der Waals surface area contributed by atoms with E-state index in [2.05, 4.69) is 0 Å². The summed E-state index contributed by atoms with van der Waals surface area (Å²) in [6, 6.07) is 0. The van der Waals surface area contributed by atoms with Crippen molar-refractivity contribution in [3.05, 3.63) is 0 Å². The van der Waals surface area contributed by atoms with E-state index >= 15 is 0 Å². The molecule has 0 aromatic rings. The van der Waals surface area contributed by atoms with Crippen LogP contribution in [0.5, 0.6) is 0 Å². The second-order valence-electron chi connectivity index (χ2n) is 2.79. The van der Waals surface area contributed by atoms with Gasteiger partial charge >= 0.3 is 0 Å². The second kappa shape index (κ2) is 3.08. The third-order valence-electron chi connectivity index (χ3n) is 1.79. The van der Waals surface area contributed by atoms with Crippen LogP contribution in [0.3, 0.4) is 0 Å². The molecule has 0 saturated heterocycles. The molecule has 0 heterocycles. The van der Waals surface area contributed by atoms with Crippen molar-refractivity contribution in [3.8, 4) is 0 Å². The SMILES string of the molecule is CN(CCO)S(=O)(=O)C1CC1. The van der Waals surface area contributed by atoms with Crippen molar-refractivity contribution in [2.75, 3.05) is 20.2 Å². The molecule has 1 aliphatic rings. The van der Waals surface area contributed by atoms with Gasteiger partial charge in [0.2, 0.25) is 10.0 Å². The normalized spacial score (nSPS) is 19.2. The van der Waals surface area contributed by atoms with Crippen molar-refractivity contribution < 1.29 is 13.5 Å². The molecule has 1 aliphatic carbocycles. The minimum absolute atomic E-state index is 0.109. The van der Waals surface area contributed by atoms with Crippen LogP contribution in [0.4, 0.5) is 0 Å². The Kier molecular flexibility index (Phi) is 2.51. The number of aliphatic hydroxyl groups excluding tert-OH is 1. The molecule has 1 fully saturated rings. The van der Waals surface area contributed by atoms with Gasteiger partial charge < -0.3 is 5.11 Å². The first kappa shape index (κ1) is 8.96. The molecule has 0 spiro atoms. The summed E-state index contributed by atoms with van der Waals surface area (Å²) < 4.78 is 23.8. The first-order valence-electron chi connectivity index (χ1n) is 3.65. The Hall–Kier alpha value is -0.130. The van der Waals surface area contributed by atoms with Crippen LogP contribution in [0.1, 0.15) is 12.8 Å². The fraction of sp³-hybridized carbons (Fsp3) is 1.00. The zero-order valence-corrected chi connectivity index (χ0v) is 7.34. The molecule has 1 rings (SSSR count). The molecule has 66 valence electrons. The monoisotopic (exact) mass is 179 g/mol.